The summed E-state index contributed by atoms with van der Waals surface area (Å²) in [6.45, 7) is 3.38. The molecule has 1 heterocycles. The molecular weight excluding hydrogens is 242 g/mol. The third kappa shape index (κ3) is 7.03. The molecule has 2 amide bonds. The molecule has 19 heavy (non-hydrogen) atoms. The number of amides is 2. The van der Waals surface area contributed by atoms with Gasteiger partial charge in [0, 0.05) is 25.0 Å². The van der Waals surface area contributed by atoms with E-state index in [1.807, 2.05) is 25.1 Å². The van der Waals surface area contributed by atoms with Crippen molar-refractivity contribution in [1.82, 2.24) is 15.6 Å². The third-order valence-corrected chi connectivity index (χ3v) is 2.36. The topological polar surface area (TPSA) is 92.4 Å². The van der Waals surface area contributed by atoms with Gasteiger partial charge in [-0.05, 0) is 31.4 Å². The number of carbonyl (C=O) groups excluding carboxylic acids is 1. The Morgan fingerprint density at radius 1 is 1.47 bits per heavy atom. The van der Waals surface area contributed by atoms with E-state index in [4.69, 9.17) is 5.73 Å². The van der Waals surface area contributed by atoms with Gasteiger partial charge in [-0.15, -0.1) is 0 Å². The van der Waals surface area contributed by atoms with Crippen LogP contribution in [0.15, 0.2) is 29.4 Å². The zero-order valence-electron chi connectivity index (χ0n) is 11.2. The van der Waals surface area contributed by atoms with Crippen LogP contribution in [0.3, 0.4) is 0 Å². The van der Waals surface area contributed by atoms with Crippen molar-refractivity contribution in [2.24, 2.45) is 10.7 Å². The summed E-state index contributed by atoms with van der Waals surface area (Å²) >= 11 is 0. The van der Waals surface area contributed by atoms with Crippen LogP contribution in [0.4, 0.5) is 4.79 Å². The predicted octanol–water partition coefficient (Wildman–Crippen LogP) is 1.04. The fourth-order valence-electron chi connectivity index (χ4n) is 1.50. The number of carbonyl (C=O) groups is 1. The van der Waals surface area contributed by atoms with Crippen LogP contribution < -0.4 is 16.4 Å². The highest BCUT2D eigenvalue weighted by Gasteiger charge is 2.01. The Morgan fingerprint density at radius 2 is 2.32 bits per heavy atom. The average Bonchev–Trinajstić information content (AvgIpc) is 2.41. The van der Waals surface area contributed by atoms with Crippen LogP contribution in [0.2, 0.25) is 0 Å². The van der Waals surface area contributed by atoms with Gasteiger partial charge in [0.1, 0.15) is 0 Å². The first kappa shape index (κ1) is 14.9. The number of nitrogens with one attached hydrogen (secondary N) is 2. The number of hydrogen-bond donors (Lipinski definition) is 3. The molecule has 0 aliphatic heterocycles. The monoisotopic (exact) mass is 263 g/mol. The number of guanidine groups is 1. The van der Waals surface area contributed by atoms with Gasteiger partial charge in [0.2, 0.25) is 0 Å². The van der Waals surface area contributed by atoms with E-state index in [1.54, 1.807) is 6.20 Å². The summed E-state index contributed by atoms with van der Waals surface area (Å²) < 4.78 is 0. The number of hydrogen-bond acceptors (Lipinski definition) is 3. The molecule has 0 atom stereocenters. The molecule has 0 aliphatic rings. The SMILES string of the molecule is CCCN=C(NCCCc1ccccn1)NC(N)=O. The van der Waals surface area contributed by atoms with Gasteiger partial charge in [0.25, 0.3) is 0 Å². The number of rotatable bonds is 6. The van der Waals surface area contributed by atoms with Crippen molar-refractivity contribution in [2.45, 2.75) is 26.2 Å². The highest BCUT2D eigenvalue weighted by atomic mass is 16.2. The average molecular weight is 263 g/mol. The number of pyridine rings is 1. The van der Waals surface area contributed by atoms with E-state index in [0.29, 0.717) is 19.0 Å². The molecule has 0 spiro atoms. The molecule has 0 aromatic carbocycles. The molecule has 1 rings (SSSR count). The number of nitrogens with zero attached hydrogens (tertiary/aromatic N) is 2. The molecular formula is C13H21N5O. The van der Waals surface area contributed by atoms with Crippen molar-refractivity contribution in [1.29, 1.82) is 0 Å². The van der Waals surface area contributed by atoms with Crippen LogP contribution >= 0.6 is 0 Å². The fraction of sp³-hybridized carbons (Fsp3) is 0.462. The minimum Gasteiger partial charge on any atom is -0.356 e. The highest BCUT2D eigenvalue weighted by Crippen LogP contribution is 1.97. The molecule has 4 N–H and O–H groups in total. The Kier molecular flexibility index (Phi) is 7.01. The Bertz CT molecular complexity index is 405. The Hall–Kier alpha value is -2.11. The minimum atomic E-state index is -0.605. The van der Waals surface area contributed by atoms with E-state index in [9.17, 15) is 4.79 Å². The van der Waals surface area contributed by atoms with Crippen LogP contribution in [-0.4, -0.2) is 30.1 Å². The van der Waals surface area contributed by atoms with E-state index >= 15 is 0 Å². The predicted molar refractivity (Wildman–Crippen MR) is 75.9 cm³/mol. The summed E-state index contributed by atoms with van der Waals surface area (Å²) in [5.41, 5.74) is 6.13. The first-order chi connectivity index (χ1) is 9.22. The number of aromatic nitrogens is 1. The number of primary amides is 1. The maximum Gasteiger partial charge on any atom is 0.318 e. The second-order valence-corrected chi connectivity index (χ2v) is 4.07. The molecule has 6 nitrogen and oxygen atoms in total. The summed E-state index contributed by atoms with van der Waals surface area (Å²) in [5.74, 6) is 0.440. The van der Waals surface area contributed by atoms with Crippen molar-refractivity contribution in [3.8, 4) is 0 Å². The van der Waals surface area contributed by atoms with Crippen LogP contribution in [0.1, 0.15) is 25.5 Å². The van der Waals surface area contributed by atoms with Gasteiger partial charge >= 0.3 is 6.03 Å². The molecule has 0 aliphatic carbocycles. The van der Waals surface area contributed by atoms with Gasteiger partial charge in [0.05, 0.1) is 0 Å². The van der Waals surface area contributed by atoms with Crippen molar-refractivity contribution in [3.05, 3.63) is 30.1 Å². The Morgan fingerprint density at radius 3 is 2.95 bits per heavy atom. The Balaban J connectivity index is 2.29. The van der Waals surface area contributed by atoms with Crippen molar-refractivity contribution in [3.63, 3.8) is 0 Å². The first-order valence-corrected chi connectivity index (χ1v) is 6.47. The van der Waals surface area contributed by atoms with Crippen LogP contribution in [-0.2, 0) is 6.42 Å². The van der Waals surface area contributed by atoms with Crippen molar-refractivity contribution in [2.75, 3.05) is 13.1 Å². The molecule has 0 bridgehead atoms. The lowest BCUT2D eigenvalue weighted by Crippen LogP contribution is -2.44. The van der Waals surface area contributed by atoms with Gasteiger partial charge in [-0.25, -0.2) is 4.79 Å². The Labute approximate surface area is 113 Å². The second kappa shape index (κ2) is 8.91. The van der Waals surface area contributed by atoms with Crippen molar-refractivity contribution < 1.29 is 4.79 Å². The van der Waals surface area contributed by atoms with E-state index < -0.39 is 6.03 Å². The van der Waals surface area contributed by atoms with Crippen LogP contribution in [0.5, 0.6) is 0 Å². The normalized spacial score (nSPS) is 11.1. The third-order valence-electron chi connectivity index (χ3n) is 2.36. The van der Waals surface area contributed by atoms with E-state index in [2.05, 4.69) is 20.6 Å². The zero-order chi connectivity index (χ0) is 13.9. The van der Waals surface area contributed by atoms with E-state index in [1.165, 1.54) is 0 Å². The molecule has 0 radical (unpaired) electrons. The number of aryl methyl sites for hydroxylation is 1. The van der Waals surface area contributed by atoms with E-state index in [-0.39, 0.29) is 0 Å². The van der Waals surface area contributed by atoms with Crippen molar-refractivity contribution >= 4 is 12.0 Å². The van der Waals surface area contributed by atoms with Gasteiger partial charge in [-0.1, -0.05) is 13.0 Å². The smallest absolute Gasteiger partial charge is 0.318 e. The molecule has 0 saturated carbocycles. The lowest BCUT2D eigenvalue weighted by molar-refractivity contribution is 0.253. The second-order valence-electron chi connectivity index (χ2n) is 4.07. The highest BCUT2D eigenvalue weighted by molar-refractivity contribution is 5.95. The van der Waals surface area contributed by atoms with Gasteiger partial charge in [0.15, 0.2) is 5.96 Å². The number of urea groups is 1. The van der Waals surface area contributed by atoms with Crippen LogP contribution in [0.25, 0.3) is 0 Å². The molecule has 6 heteroatoms. The van der Waals surface area contributed by atoms with E-state index in [0.717, 1.165) is 25.0 Å². The van der Waals surface area contributed by atoms with Gasteiger partial charge in [-0.2, -0.15) is 0 Å². The molecule has 0 fully saturated rings. The minimum absolute atomic E-state index is 0.440. The van der Waals surface area contributed by atoms with Crippen LogP contribution in [0, 0.1) is 0 Å². The number of aliphatic imine (C=N–C) groups is 1. The molecule has 0 saturated heterocycles. The summed E-state index contributed by atoms with van der Waals surface area (Å²) in [7, 11) is 0. The maximum absolute atomic E-state index is 10.8. The summed E-state index contributed by atoms with van der Waals surface area (Å²) in [6, 6.07) is 5.26. The largest absolute Gasteiger partial charge is 0.356 e. The first-order valence-electron chi connectivity index (χ1n) is 6.47. The van der Waals surface area contributed by atoms with Gasteiger partial charge in [-0.3, -0.25) is 15.3 Å². The lowest BCUT2D eigenvalue weighted by Gasteiger charge is -2.09. The maximum atomic E-state index is 10.8. The molecule has 1 aromatic rings. The zero-order valence-corrected chi connectivity index (χ0v) is 11.2. The lowest BCUT2D eigenvalue weighted by atomic mass is 10.2. The number of nitrogens with two attached hydrogens (primary N) is 1. The molecule has 1 aromatic heterocycles. The molecule has 104 valence electrons. The molecule has 0 unspecified atom stereocenters. The summed E-state index contributed by atoms with van der Waals surface area (Å²) in [6.07, 6.45) is 4.49. The summed E-state index contributed by atoms with van der Waals surface area (Å²) in [4.78, 5) is 19.3. The quantitative estimate of drug-likeness (QED) is 0.407. The summed E-state index contributed by atoms with van der Waals surface area (Å²) in [5, 5.41) is 5.54. The fourth-order valence-corrected chi connectivity index (χ4v) is 1.50. The van der Waals surface area contributed by atoms with Gasteiger partial charge < -0.3 is 11.1 Å². The standard InChI is InChI=1S/C13H21N5O/c1-2-8-16-13(18-12(14)19)17-10-5-7-11-6-3-4-9-15-11/h3-4,6,9H,2,5,7-8,10H2,1H3,(H4,14,16,17,18,19).